The average Bonchev–Trinajstić information content (AvgIpc) is 3.25. The van der Waals surface area contributed by atoms with Crippen LogP contribution in [-0.4, -0.2) is 23.6 Å². The molecule has 0 aliphatic heterocycles. The number of nitro groups is 1. The van der Waals surface area contributed by atoms with Crippen LogP contribution in [0.1, 0.15) is 43.7 Å². The van der Waals surface area contributed by atoms with Gasteiger partial charge in [-0.15, -0.1) is 0 Å². The van der Waals surface area contributed by atoms with Gasteiger partial charge in [-0.2, -0.15) is 0 Å². The molecule has 0 radical (unpaired) electrons. The Morgan fingerprint density at radius 2 is 1.74 bits per heavy atom. The Balaban J connectivity index is 1.72. The Kier molecular flexibility index (Phi) is 5.79. The fourth-order valence-corrected chi connectivity index (χ4v) is 4.92. The molecule has 0 saturated heterocycles. The fraction of sp³-hybridized carbons (Fsp3) is 0.292. The van der Waals surface area contributed by atoms with Gasteiger partial charge in [0, 0.05) is 24.7 Å². The third-order valence-corrected chi connectivity index (χ3v) is 6.70. The molecule has 34 heavy (non-hydrogen) atoms. The molecule has 0 spiro atoms. The predicted molar refractivity (Wildman–Crippen MR) is 129 cm³/mol. The first kappa shape index (κ1) is 22.1. The molecule has 9 nitrogen and oxygen atoms in total. The van der Waals surface area contributed by atoms with Crippen molar-refractivity contribution in [1.82, 2.24) is 18.7 Å². The van der Waals surface area contributed by atoms with Crippen molar-refractivity contribution in [3.8, 4) is 5.69 Å². The number of para-hydroxylation sites is 1. The highest BCUT2D eigenvalue weighted by Gasteiger charge is 2.26. The molecule has 10 heteroatoms. The van der Waals surface area contributed by atoms with Gasteiger partial charge in [-0.25, -0.2) is 14.3 Å². The number of nitrogens with zero attached hydrogens (tertiary/aromatic N) is 5. The van der Waals surface area contributed by atoms with E-state index in [2.05, 4.69) is 4.98 Å². The molecule has 0 unspecified atom stereocenters. The maximum atomic E-state index is 13.7. The van der Waals surface area contributed by atoms with Crippen LogP contribution in [-0.2, 0) is 6.54 Å². The summed E-state index contributed by atoms with van der Waals surface area (Å²) in [6.07, 6.45) is 6.06. The van der Waals surface area contributed by atoms with Gasteiger partial charge in [0.25, 0.3) is 11.2 Å². The van der Waals surface area contributed by atoms with Crippen LogP contribution < -0.4 is 11.2 Å². The molecule has 1 aliphatic rings. The van der Waals surface area contributed by atoms with Crippen LogP contribution in [0, 0.1) is 10.1 Å². The van der Waals surface area contributed by atoms with Gasteiger partial charge in [-0.05, 0) is 30.5 Å². The van der Waals surface area contributed by atoms with Crippen molar-refractivity contribution >= 4 is 28.5 Å². The summed E-state index contributed by atoms with van der Waals surface area (Å²) in [5.41, 5.74) is 0.924. The molecular formula is C24H22ClN5O4. The third-order valence-electron chi connectivity index (χ3n) is 6.38. The Labute approximate surface area is 199 Å². The number of imidazole rings is 1. The quantitative estimate of drug-likeness (QED) is 0.310. The van der Waals surface area contributed by atoms with Crippen molar-refractivity contribution in [2.24, 2.45) is 0 Å². The van der Waals surface area contributed by atoms with Gasteiger partial charge in [0.2, 0.25) is 0 Å². The number of fused-ring (bicyclic) bond motifs is 1. The number of hydrogen-bond donors (Lipinski definition) is 0. The largest absolute Gasteiger partial charge is 0.337 e. The van der Waals surface area contributed by atoms with E-state index in [1.165, 1.54) is 27.6 Å². The topological polar surface area (TPSA) is 105 Å². The predicted octanol–water partition coefficient (Wildman–Crippen LogP) is 4.46. The molecule has 4 aromatic rings. The van der Waals surface area contributed by atoms with Crippen molar-refractivity contribution in [3.05, 3.63) is 96.4 Å². The second-order valence-corrected chi connectivity index (χ2v) is 8.91. The fourth-order valence-electron chi connectivity index (χ4n) is 4.70. The van der Waals surface area contributed by atoms with Gasteiger partial charge >= 0.3 is 5.69 Å². The number of rotatable bonds is 5. The van der Waals surface area contributed by atoms with E-state index in [1.54, 1.807) is 41.0 Å². The molecule has 1 fully saturated rings. The molecule has 5 rings (SSSR count). The van der Waals surface area contributed by atoms with Crippen LogP contribution in [0.5, 0.6) is 0 Å². The molecule has 0 amide bonds. The van der Waals surface area contributed by atoms with Crippen LogP contribution in [0.2, 0.25) is 5.02 Å². The summed E-state index contributed by atoms with van der Waals surface area (Å²) in [6.45, 7) is 0.273. The highest BCUT2D eigenvalue weighted by atomic mass is 35.5. The maximum absolute atomic E-state index is 13.7. The Morgan fingerprint density at radius 1 is 1.03 bits per heavy atom. The first-order chi connectivity index (χ1) is 16.5. The number of non-ortho nitro benzene ring substituents is 1. The van der Waals surface area contributed by atoms with E-state index in [0.29, 0.717) is 16.2 Å². The van der Waals surface area contributed by atoms with E-state index in [-0.39, 0.29) is 29.5 Å². The third kappa shape index (κ3) is 3.81. The van der Waals surface area contributed by atoms with Gasteiger partial charge < -0.3 is 4.57 Å². The maximum Gasteiger partial charge on any atom is 0.337 e. The Morgan fingerprint density at radius 3 is 2.41 bits per heavy atom. The molecule has 2 aromatic carbocycles. The van der Waals surface area contributed by atoms with E-state index in [4.69, 9.17) is 11.6 Å². The minimum atomic E-state index is -0.457. The Hall–Kier alpha value is -3.72. The molecule has 1 aliphatic carbocycles. The zero-order valence-corrected chi connectivity index (χ0v) is 19.0. The molecular weight excluding hydrogens is 458 g/mol. The Bertz CT molecular complexity index is 1500. The first-order valence-electron chi connectivity index (χ1n) is 11.2. The summed E-state index contributed by atoms with van der Waals surface area (Å²) in [7, 11) is 0. The average molecular weight is 480 g/mol. The highest BCUT2D eigenvalue weighted by molar-refractivity contribution is 6.32. The molecule has 2 heterocycles. The normalized spacial score (nSPS) is 14.5. The van der Waals surface area contributed by atoms with Crippen LogP contribution in [0.25, 0.3) is 16.9 Å². The summed E-state index contributed by atoms with van der Waals surface area (Å²) in [5.74, 6) is 0. The van der Waals surface area contributed by atoms with Crippen molar-refractivity contribution in [2.45, 2.75) is 44.7 Å². The molecule has 0 bridgehead atoms. The standard InChI is InChI=1S/C24H22ClN5O4/c25-19-8-4-5-9-20(19)29-22-21(23(31)28(24(29)32)17-6-2-1-3-7-17)27(15-26-22)14-16-10-12-18(13-11-16)30(33)34/h4-5,8-13,15,17H,1-3,6-7,14H2. The lowest BCUT2D eigenvalue weighted by Gasteiger charge is -2.24. The van der Waals surface area contributed by atoms with Crippen LogP contribution in [0.15, 0.2) is 64.4 Å². The summed E-state index contributed by atoms with van der Waals surface area (Å²) >= 11 is 6.45. The zero-order chi connectivity index (χ0) is 23.8. The summed E-state index contributed by atoms with van der Waals surface area (Å²) in [6, 6.07) is 12.9. The number of nitro benzene ring substituents is 1. The summed E-state index contributed by atoms with van der Waals surface area (Å²) in [5, 5.41) is 11.4. The molecule has 0 N–H and O–H groups in total. The van der Waals surface area contributed by atoms with E-state index >= 15 is 0 Å². The van der Waals surface area contributed by atoms with Crippen molar-refractivity contribution in [3.63, 3.8) is 0 Å². The number of benzene rings is 2. The van der Waals surface area contributed by atoms with Crippen molar-refractivity contribution in [1.29, 1.82) is 0 Å². The van der Waals surface area contributed by atoms with Gasteiger partial charge in [0.05, 0.1) is 22.0 Å². The lowest BCUT2D eigenvalue weighted by atomic mass is 9.95. The monoisotopic (exact) mass is 479 g/mol. The number of halogens is 1. The number of hydrogen-bond acceptors (Lipinski definition) is 5. The van der Waals surface area contributed by atoms with Crippen LogP contribution in [0.4, 0.5) is 5.69 Å². The summed E-state index contributed by atoms with van der Waals surface area (Å²) in [4.78, 5) is 42.3. The van der Waals surface area contributed by atoms with Gasteiger partial charge in [-0.1, -0.05) is 55.1 Å². The second kappa shape index (κ2) is 8.90. The van der Waals surface area contributed by atoms with Crippen LogP contribution >= 0.6 is 11.6 Å². The minimum Gasteiger partial charge on any atom is -0.320 e. The molecule has 1 saturated carbocycles. The molecule has 0 atom stereocenters. The highest BCUT2D eigenvalue weighted by Crippen LogP contribution is 2.28. The first-order valence-corrected chi connectivity index (χ1v) is 11.5. The molecule has 2 aromatic heterocycles. The number of aromatic nitrogens is 4. The summed E-state index contributed by atoms with van der Waals surface area (Å²) < 4.78 is 4.46. The smallest absolute Gasteiger partial charge is 0.320 e. The van der Waals surface area contributed by atoms with Gasteiger partial charge in [0.15, 0.2) is 11.2 Å². The van der Waals surface area contributed by atoms with Gasteiger partial charge in [0.1, 0.15) is 0 Å². The lowest BCUT2D eigenvalue weighted by molar-refractivity contribution is -0.384. The molecule has 174 valence electrons. The van der Waals surface area contributed by atoms with Gasteiger partial charge in [-0.3, -0.25) is 19.5 Å². The lowest BCUT2D eigenvalue weighted by Crippen LogP contribution is -2.43. The second-order valence-electron chi connectivity index (χ2n) is 8.50. The SMILES string of the molecule is O=c1c2c(ncn2Cc2ccc([N+](=O)[O-])cc2)n(-c2ccccc2Cl)c(=O)n1C1CCCCC1. The van der Waals surface area contributed by atoms with Crippen molar-refractivity contribution < 1.29 is 4.92 Å². The van der Waals surface area contributed by atoms with Crippen LogP contribution in [0.3, 0.4) is 0 Å². The van der Waals surface area contributed by atoms with E-state index in [9.17, 15) is 19.7 Å². The van der Waals surface area contributed by atoms with E-state index in [1.807, 2.05) is 0 Å². The zero-order valence-electron chi connectivity index (χ0n) is 18.3. The van der Waals surface area contributed by atoms with Crippen molar-refractivity contribution in [2.75, 3.05) is 0 Å². The van der Waals surface area contributed by atoms with E-state index in [0.717, 1.165) is 37.7 Å². The minimum absolute atomic E-state index is 0.00792. The van der Waals surface area contributed by atoms with E-state index < -0.39 is 10.6 Å².